The molecular weight excluding hydrogens is 474 g/mol. The minimum absolute atomic E-state index is 0.168. The van der Waals surface area contributed by atoms with E-state index < -0.39 is 12.2 Å². The summed E-state index contributed by atoms with van der Waals surface area (Å²) in [7, 11) is 3.42. The van der Waals surface area contributed by atoms with Crippen LogP contribution in [0, 0.1) is 0 Å². The van der Waals surface area contributed by atoms with Crippen molar-refractivity contribution < 1.29 is 19.1 Å². The van der Waals surface area contributed by atoms with Gasteiger partial charge < -0.3 is 29.9 Å². The van der Waals surface area contributed by atoms with Gasteiger partial charge in [-0.1, -0.05) is 12.1 Å². The van der Waals surface area contributed by atoms with E-state index in [1.807, 2.05) is 55.3 Å². The lowest BCUT2D eigenvalue weighted by molar-refractivity contribution is 0.0989. The molecule has 0 aliphatic carbocycles. The molecule has 0 radical (unpaired) electrons. The second-order valence-corrected chi connectivity index (χ2v) is 8.40. The molecule has 3 heterocycles. The highest BCUT2D eigenvalue weighted by molar-refractivity contribution is 6.09. The van der Waals surface area contributed by atoms with Gasteiger partial charge in [0.25, 0.3) is 5.91 Å². The number of pyridine rings is 1. The Kier molecular flexibility index (Phi) is 8.34. The molecular formula is C26H31N7O4. The third kappa shape index (κ3) is 6.24. The number of nitrogens with one attached hydrogen (secondary N) is 2. The molecule has 2 aromatic heterocycles. The maximum absolute atomic E-state index is 13.5. The summed E-state index contributed by atoms with van der Waals surface area (Å²) < 4.78 is 11.5. The number of anilines is 3. The van der Waals surface area contributed by atoms with Crippen molar-refractivity contribution in [2.24, 2.45) is 0 Å². The smallest absolute Gasteiger partial charge is 0.406 e. The first-order chi connectivity index (χ1) is 18.0. The second-order valence-electron chi connectivity index (χ2n) is 8.40. The van der Waals surface area contributed by atoms with Crippen LogP contribution in [0.25, 0.3) is 0 Å². The molecule has 1 unspecified atom stereocenters. The Balaban J connectivity index is 1.56. The third-order valence-electron chi connectivity index (χ3n) is 5.88. The number of aromatic nitrogens is 3. The summed E-state index contributed by atoms with van der Waals surface area (Å²) in [6.07, 6.45) is 4.50. The van der Waals surface area contributed by atoms with Gasteiger partial charge in [0.15, 0.2) is 0 Å². The highest BCUT2D eigenvalue weighted by Crippen LogP contribution is 2.31. The summed E-state index contributed by atoms with van der Waals surface area (Å²) in [5.74, 6) is 1.49. The van der Waals surface area contributed by atoms with Gasteiger partial charge in [-0.25, -0.2) is 9.78 Å². The third-order valence-corrected chi connectivity index (χ3v) is 5.88. The number of hydrogen-bond acceptors (Lipinski definition) is 9. The number of nitrogens with zero attached hydrogens (tertiary/aromatic N) is 5. The van der Waals surface area contributed by atoms with Gasteiger partial charge in [0.05, 0.1) is 6.61 Å². The monoisotopic (exact) mass is 505 g/mol. The van der Waals surface area contributed by atoms with Crippen molar-refractivity contribution in [3.05, 3.63) is 66.1 Å². The minimum Gasteiger partial charge on any atom is -0.485 e. The van der Waals surface area contributed by atoms with Crippen molar-refractivity contribution in [2.45, 2.75) is 19.4 Å². The first-order valence-electron chi connectivity index (χ1n) is 12.1. The molecule has 0 bridgehead atoms. The zero-order valence-corrected chi connectivity index (χ0v) is 21.2. The van der Waals surface area contributed by atoms with Crippen LogP contribution in [0.1, 0.15) is 35.4 Å². The number of carbonyl (C=O) groups is 2. The number of likely N-dealkylation sites (N-methyl/N-ethyl adjacent to an activating group) is 1. The van der Waals surface area contributed by atoms with Crippen molar-refractivity contribution in [1.29, 1.82) is 0 Å². The van der Waals surface area contributed by atoms with Gasteiger partial charge in [0, 0.05) is 76.1 Å². The van der Waals surface area contributed by atoms with Crippen LogP contribution in [-0.2, 0) is 4.74 Å². The summed E-state index contributed by atoms with van der Waals surface area (Å²) in [6, 6.07) is 11.1. The van der Waals surface area contributed by atoms with E-state index in [9.17, 15) is 9.59 Å². The number of rotatable bonds is 9. The molecule has 3 aromatic rings. The molecule has 194 valence electrons. The second kappa shape index (κ2) is 12.0. The van der Waals surface area contributed by atoms with Gasteiger partial charge in [-0.3, -0.25) is 9.78 Å². The molecule has 1 atom stereocenters. The predicted molar refractivity (Wildman–Crippen MR) is 140 cm³/mol. The van der Waals surface area contributed by atoms with E-state index in [1.54, 1.807) is 23.5 Å². The lowest BCUT2D eigenvalue weighted by Crippen LogP contribution is -2.33. The van der Waals surface area contributed by atoms with Crippen molar-refractivity contribution in [3.8, 4) is 5.75 Å². The quantitative estimate of drug-likeness (QED) is 0.451. The molecule has 0 saturated heterocycles. The van der Waals surface area contributed by atoms with Crippen LogP contribution in [0.15, 0.2) is 55.0 Å². The van der Waals surface area contributed by atoms with Crippen molar-refractivity contribution in [3.63, 3.8) is 0 Å². The summed E-state index contributed by atoms with van der Waals surface area (Å²) in [5.41, 5.74) is 1.99. The van der Waals surface area contributed by atoms with Crippen LogP contribution in [0.4, 0.5) is 22.2 Å². The van der Waals surface area contributed by atoms with Crippen LogP contribution in [0.3, 0.4) is 0 Å². The Morgan fingerprint density at radius 3 is 2.81 bits per heavy atom. The molecule has 11 heteroatoms. The summed E-state index contributed by atoms with van der Waals surface area (Å²) in [6.45, 7) is 3.89. The standard InChI is InChI=1S/C26H31N7O4/c1-4-29-25-30-17-21-23(31-25)32(3)12-13-33(24(21)34)19-8-5-9-20(15-19)37-22(10-14-36-26(35)27-2)18-7-6-11-28-16-18/h5-9,11,15-17,22H,4,10,12-14H2,1-3H3,(H,27,35)(H,29,30,31). The van der Waals surface area contributed by atoms with Gasteiger partial charge in [-0.2, -0.15) is 4.98 Å². The minimum atomic E-state index is -0.501. The van der Waals surface area contributed by atoms with E-state index in [2.05, 4.69) is 25.6 Å². The molecule has 0 saturated carbocycles. The maximum atomic E-state index is 13.5. The molecule has 0 fully saturated rings. The zero-order valence-electron chi connectivity index (χ0n) is 21.2. The fourth-order valence-corrected chi connectivity index (χ4v) is 3.99. The first kappa shape index (κ1) is 25.7. The van der Waals surface area contributed by atoms with Crippen molar-refractivity contribution in [2.75, 3.05) is 55.5 Å². The number of hydrogen-bond donors (Lipinski definition) is 2. The van der Waals surface area contributed by atoms with Crippen molar-refractivity contribution in [1.82, 2.24) is 20.3 Å². The predicted octanol–water partition coefficient (Wildman–Crippen LogP) is 3.27. The molecule has 37 heavy (non-hydrogen) atoms. The molecule has 2 N–H and O–H groups in total. The number of fused-ring (bicyclic) bond motifs is 1. The summed E-state index contributed by atoms with van der Waals surface area (Å²) in [5, 5.41) is 5.53. The van der Waals surface area contributed by atoms with E-state index in [1.165, 1.54) is 7.05 Å². The van der Waals surface area contributed by atoms with Gasteiger partial charge in [0.1, 0.15) is 23.2 Å². The SMILES string of the molecule is CCNc1ncc2c(n1)N(C)CCN(c1cccc(OC(CCOC(=O)NC)c3cccnc3)c1)C2=O. The molecule has 11 nitrogen and oxygen atoms in total. The van der Waals surface area contributed by atoms with E-state index in [-0.39, 0.29) is 12.5 Å². The number of ether oxygens (including phenoxy) is 2. The Labute approximate surface area is 215 Å². The highest BCUT2D eigenvalue weighted by atomic mass is 16.5. The lowest BCUT2D eigenvalue weighted by atomic mass is 10.1. The average molecular weight is 506 g/mol. The molecule has 1 aromatic carbocycles. The fourth-order valence-electron chi connectivity index (χ4n) is 3.99. The molecule has 1 aliphatic heterocycles. The number of benzene rings is 1. The van der Waals surface area contributed by atoms with Crippen LogP contribution in [0.5, 0.6) is 5.75 Å². The van der Waals surface area contributed by atoms with E-state index in [0.717, 1.165) is 5.56 Å². The maximum Gasteiger partial charge on any atom is 0.406 e. The van der Waals surface area contributed by atoms with Crippen molar-refractivity contribution >= 4 is 29.5 Å². The van der Waals surface area contributed by atoms with E-state index >= 15 is 0 Å². The molecule has 0 spiro atoms. The number of alkyl carbamates (subject to hydrolysis) is 1. The summed E-state index contributed by atoms with van der Waals surface area (Å²) >= 11 is 0. The van der Waals surface area contributed by atoms with Gasteiger partial charge in [-0.15, -0.1) is 0 Å². The Morgan fingerprint density at radius 2 is 2.05 bits per heavy atom. The Morgan fingerprint density at radius 1 is 1.19 bits per heavy atom. The first-order valence-corrected chi connectivity index (χ1v) is 12.1. The van der Waals surface area contributed by atoms with Crippen LogP contribution >= 0.6 is 0 Å². The largest absolute Gasteiger partial charge is 0.485 e. The van der Waals surface area contributed by atoms with Crippen LogP contribution in [-0.4, -0.2) is 67.3 Å². The lowest BCUT2D eigenvalue weighted by Gasteiger charge is -2.23. The topological polar surface area (TPSA) is 122 Å². The fraction of sp³-hybridized carbons (Fsp3) is 0.346. The van der Waals surface area contributed by atoms with Gasteiger partial charge in [0.2, 0.25) is 5.95 Å². The van der Waals surface area contributed by atoms with Crippen LogP contribution < -0.4 is 25.2 Å². The highest BCUT2D eigenvalue weighted by Gasteiger charge is 2.28. The van der Waals surface area contributed by atoms with Gasteiger partial charge >= 0.3 is 6.09 Å². The number of amides is 2. The van der Waals surface area contributed by atoms with Gasteiger partial charge in [-0.05, 0) is 25.1 Å². The number of carbonyl (C=O) groups excluding carboxylic acids is 2. The summed E-state index contributed by atoms with van der Waals surface area (Å²) in [4.78, 5) is 41.7. The van der Waals surface area contributed by atoms with E-state index in [4.69, 9.17) is 9.47 Å². The van der Waals surface area contributed by atoms with E-state index in [0.29, 0.717) is 54.8 Å². The normalized spacial score (nSPS) is 13.9. The Hall–Kier alpha value is -4.41. The Bertz CT molecular complexity index is 1220. The molecule has 2 amide bonds. The molecule has 4 rings (SSSR count). The van der Waals surface area contributed by atoms with Crippen LogP contribution in [0.2, 0.25) is 0 Å². The average Bonchev–Trinajstić information content (AvgIpc) is 3.04. The molecule has 1 aliphatic rings. The zero-order chi connectivity index (χ0) is 26.2.